The molecule has 0 bridgehead atoms. The van der Waals surface area contributed by atoms with E-state index in [0.717, 1.165) is 25.7 Å². The van der Waals surface area contributed by atoms with Gasteiger partial charge in [-0.2, -0.15) is 0 Å². The SMILES string of the molecule is C#CC1=CCC2C3C(CC[C@]12C)[C@@]1(C)CC[C@@H](O)CC1[C@H]1OC(C)(C)O[C@H]31. The second kappa shape index (κ2) is 5.62. The molecule has 27 heavy (non-hydrogen) atoms. The van der Waals surface area contributed by atoms with Gasteiger partial charge < -0.3 is 14.6 Å². The third-order valence-electron chi connectivity index (χ3n) is 9.24. The number of aliphatic hydroxyl groups is 1. The van der Waals surface area contributed by atoms with E-state index in [1.165, 1.54) is 18.4 Å². The second-order valence-corrected chi connectivity index (χ2v) is 10.8. The molecule has 4 aliphatic carbocycles. The molecule has 9 atom stereocenters. The number of terminal acetylenes is 1. The number of hydrogen-bond acceptors (Lipinski definition) is 3. The van der Waals surface area contributed by atoms with E-state index in [4.69, 9.17) is 15.9 Å². The van der Waals surface area contributed by atoms with Crippen LogP contribution in [-0.2, 0) is 9.47 Å². The van der Waals surface area contributed by atoms with Crippen molar-refractivity contribution in [1.29, 1.82) is 0 Å². The quantitative estimate of drug-likeness (QED) is 0.646. The largest absolute Gasteiger partial charge is 0.393 e. The lowest BCUT2D eigenvalue weighted by Crippen LogP contribution is -2.63. The predicted octanol–water partition coefficient (Wildman–Crippen LogP) is 4.30. The predicted molar refractivity (Wildman–Crippen MR) is 105 cm³/mol. The standard InChI is InChI=1S/C24H34O3/c1-6-14-7-8-16-19-17(10-12-23(14,16)4)24(5)11-9-15(25)13-18(24)20-21(19)27-22(2,3)26-20/h1,7,15-21,25H,8-13H2,2-5H3/t15-,16?,17?,18?,19?,20-,21-,23-,24-/m1/s1. The van der Waals surface area contributed by atoms with Crippen molar-refractivity contribution in [3.05, 3.63) is 11.6 Å². The van der Waals surface area contributed by atoms with Crippen molar-refractivity contribution in [3.8, 4) is 12.3 Å². The van der Waals surface area contributed by atoms with Crippen LogP contribution in [0.25, 0.3) is 0 Å². The third kappa shape index (κ3) is 2.33. The van der Waals surface area contributed by atoms with Gasteiger partial charge in [0.15, 0.2) is 5.79 Å². The zero-order chi connectivity index (χ0) is 19.2. The lowest BCUT2D eigenvalue weighted by molar-refractivity contribution is -0.183. The Morgan fingerprint density at radius 3 is 2.52 bits per heavy atom. The van der Waals surface area contributed by atoms with E-state index in [1.54, 1.807) is 0 Å². The average Bonchev–Trinajstić information content (AvgIpc) is 3.11. The zero-order valence-electron chi connectivity index (χ0n) is 17.2. The summed E-state index contributed by atoms with van der Waals surface area (Å²) in [6.45, 7) is 8.98. The number of rotatable bonds is 0. The summed E-state index contributed by atoms with van der Waals surface area (Å²) in [6.07, 6.45) is 14.6. The number of hydrogen-bond donors (Lipinski definition) is 1. The smallest absolute Gasteiger partial charge is 0.163 e. The van der Waals surface area contributed by atoms with Crippen LogP contribution in [0, 0.1) is 46.8 Å². The highest BCUT2D eigenvalue weighted by Crippen LogP contribution is 2.68. The van der Waals surface area contributed by atoms with Gasteiger partial charge in [0.25, 0.3) is 0 Å². The minimum absolute atomic E-state index is 0.0958. The maximum Gasteiger partial charge on any atom is 0.163 e. The molecule has 4 unspecified atom stereocenters. The summed E-state index contributed by atoms with van der Waals surface area (Å²) in [4.78, 5) is 0. The first-order valence-electron chi connectivity index (χ1n) is 10.9. The highest BCUT2D eigenvalue weighted by atomic mass is 16.8. The van der Waals surface area contributed by atoms with E-state index in [1.807, 2.05) is 0 Å². The van der Waals surface area contributed by atoms with Crippen LogP contribution in [0.3, 0.4) is 0 Å². The summed E-state index contributed by atoms with van der Waals surface area (Å²) >= 11 is 0. The Kier molecular flexibility index (Phi) is 3.79. The summed E-state index contributed by atoms with van der Waals surface area (Å²) in [5, 5.41) is 10.4. The number of aliphatic hydroxyl groups excluding tert-OH is 1. The molecule has 1 N–H and O–H groups in total. The molecule has 5 aliphatic rings. The first kappa shape index (κ1) is 18.2. The van der Waals surface area contributed by atoms with E-state index < -0.39 is 5.79 Å². The summed E-state index contributed by atoms with van der Waals surface area (Å²) in [5.74, 6) is 4.54. The Balaban J connectivity index is 1.59. The molecule has 1 saturated heterocycles. The van der Waals surface area contributed by atoms with Crippen molar-refractivity contribution in [1.82, 2.24) is 0 Å². The first-order chi connectivity index (χ1) is 12.7. The molecule has 0 radical (unpaired) electrons. The Hall–Kier alpha value is -0.820. The molecule has 0 aromatic heterocycles. The monoisotopic (exact) mass is 370 g/mol. The highest BCUT2D eigenvalue weighted by molar-refractivity contribution is 5.38. The lowest BCUT2D eigenvalue weighted by Gasteiger charge is -2.63. The van der Waals surface area contributed by atoms with Crippen LogP contribution in [0.2, 0.25) is 0 Å². The zero-order valence-corrected chi connectivity index (χ0v) is 17.2. The molecule has 1 aliphatic heterocycles. The molecule has 148 valence electrons. The second-order valence-electron chi connectivity index (χ2n) is 10.8. The Morgan fingerprint density at radius 1 is 1.04 bits per heavy atom. The van der Waals surface area contributed by atoms with Crippen molar-refractivity contribution in [3.63, 3.8) is 0 Å². The van der Waals surface area contributed by atoms with E-state index in [9.17, 15) is 5.11 Å². The van der Waals surface area contributed by atoms with Gasteiger partial charge in [-0.3, -0.25) is 0 Å². The van der Waals surface area contributed by atoms with Crippen molar-refractivity contribution >= 4 is 0 Å². The van der Waals surface area contributed by atoms with Gasteiger partial charge in [0.2, 0.25) is 0 Å². The Labute approximate surface area is 163 Å². The normalized spacial score (nSPS) is 55.6. The van der Waals surface area contributed by atoms with E-state index in [2.05, 4.69) is 39.7 Å². The molecular formula is C24H34O3. The van der Waals surface area contributed by atoms with Gasteiger partial charge in [0.05, 0.1) is 18.3 Å². The Bertz CT molecular complexity index is 718. The minimum Gasteiger partial charge on any atom is -0.393 e. The summed E-state index contributed by atoms with van der Waals surface area (Å²) in [7, 11) is 0. The molecular weight excluding hydrogens is 336 g/mol. The topological polar surface area (TPSA) is 38.7 Å². The number of ether oxygens (including phenoxy) is 2. The molecule has 3 saturated carbocycles. The number of allylic oxidation sites excluding steroid dienone is 2. The van der Waals surface area contributed by atoms with Crippen LogP contribution in [-0.4, -0.2) is 29.2 Å². The molecule has 0 spiro atoms. The fraction of sp³-hybridized carbons (Fsp3) is 0.833. The fourth-order valence-electron chi connectivity index (χ4n) is 7.96. The van der Waals surface area contributed by atoms with Crippen LogP contribution in [0.4, 0.5) is 0 Å². The fourth-order valence-corrected chi connectivity index (χ4v) is 7.96. The van der Waals surface area contributed by atoms with E-state index in [-0.39, 0.29) is 29.1 Å². The van der Waals surface area contributed by atoms with Crippen LogP contribution in [0.5, 0.6) is 0 Å². The lowest BCUT2D eigenvalue weighted by atomic mass is 9.43. The van der Waals surface area contributed by atoms with Gasteiger partial charge in [-0.25, -0.2) is 0 Å². The van der Waals surface area contributed by atoms with Gasteiger partial charge in [0, 0.05) is 11.0 Å². The maximum absolute atomic E-state index is 10.4. The summed E-state index contributed by atoms with van der Waals surface area (Å²) in [5.41, 5.74) is 1.57. The molecule has 0 aromatic carbocycles. The van der Waals surface area contributed by atoms with Crippen molar-refractivity contribution in [2.24, 2.45) is 34.5 Å². The van der Waals surface area contributed by atoms with Crippen molar-refractivity contribution in [2.75, 3.05) is 0 Å². The van der Waals surface area contributed by atoms with Gasteiger partial charge in [-0.05, 0) is 81.5 Å². The van der Waals surface area contributed by atoms with Gasteiger partial charge in [-0.15, -0.1) is 6.42 Å². The van der Waals surface area contributed by atoms with E-state index >= 15 is 0 Å². The highest BCUT2D eigenvalue weighted by Gasteiger charge is 2.67. The molecule has 4 fully saturated rings. The summed E-state index contributed by atoms with van der Waals surface area (Å²) in [6, 6.07) is 0. The Morgan fingerprint density at radius 2 is 1.78 bits per heavy atom. The van der Waals surface area contributed by atoms with Crippen LogP contribution >= 0.6 is 0 Å². The first-order valence-corrected chi connectivity index (χ1v) is 10.9. The number of fused-ring (bicyclic) bond motifs is 8. The summed E-state index contributed by atoms with van der Waals surface area (Å²) < 4.78 is 13.1. The van der Waals surface area contributed by atoms with Crippen LogP contribution in [0.1, 0.15) is 66.2 Å². The molecule has 3 heteroatoms. The molecule has 0 aromatic rings. The van der Waals surface area contributed by atoms with Crippen molar-refractivity contribution in [2.45, 2.75) is 90.3 Å². The third-order valence-corrected chi connectivity index (χ3v) is 9.24. The van der Waals surface area contributed by atoms with Gasteiger partial charge >= 0.3 is 0 Å². The van der Waals surface area contributed by atoms with Gasteiger partial charge in [0.1, 0.15) is 0 Å². The molecule has 1 heterocycles. The molecule has 3 nitrogen and oxygen atoms in total. The van der Waals surface area contributed by atoms with E-state index in [0.29, 0.717) is 23.7 Å². The van der Waals surface area contributed by atoms with Gasteiger partial charge in [-0.1, -0.05) is 25.8 Å². The molecule has 5 rings (SSSR count). The average molecular weight is 371 g/mol. The maximum atomic E-state index is 10.4. The van der Waals surface area contributed by atoms with Crippen LogP contribution < -0.4 is 0 Å². The molecule has 0 amide bonds. The minimum atomic E-state index is -0.539. The van der Waals surface area contributed by atoms with Crippen LogP contribution in [0.15, 0.2) is 11.6 Å². The van der Waals surface area contributed by atoms with Crippen molar-refractivity contribution < 1.29 is 14.6 Å².